The lowest BCUT2D eigenvalue weighted by molar-refractivity contribution is 0.480. The lowest BCUT2D eigenvalue weighted by Gasteiger charge is -2.31. The van der Waals surface area contributed by atoms with E-state index in [-0.39, 0.29) is 0 Å². The third kappa shape index (κ3) is 4.00. The van der Waals surface area contributed by atoms with Crippen LogP contribution in [0.25, 0.3) is 33.4 Å². The number of hydrogen-bond donors (Lipinski definition) is 2. The molecule has 6 nitrogen and oxygen atoms in total. The van der Waals surface area contributed by atoms with Gasteiger partial charge in [-0.1, -0.05) is 54.6 Å². The molecular weight excluding hydrogens is 384 g/mol. The Bertz CT molecular complexity index is 1190. The summed E-state index contributed by atoms with van der Waals surface area (Å²) in [6.45, 7) is 5.42. The number of nitrogens with one attached hydrogen (secondary N) is 1. The maximum atomic E-state index is 5.79. The summed E-state index contributed by atoms with van der Waals surface area (Å²) in [4.78, 5) is 16.8. The van der Waals surface area contributed by atoms with Crippen molar-refractivity contribution in [1.29, 1.82) is 0 Å². The van der Waals surface area contributed by atoms with E-state index in [2.05, 4.69) is 64.6 Å². The molecule has 4 aromatic rings. The molecule has 1 fully saturated rings. The molecule has 0 bridgehead atoms. The minimum Gasteiger partial charge on any atom is -0.338 e. The van der Waals surface area contributed by atoms with Crippen molar-refractivity contribution in [3.63, 3.8) is 0 Å². The Hall–Kier alpha value is -3.35. The lowest BCUT2D eigenvalue weighted by Crippen LogP contribution is -2.49. The van der Waals surface area contributed by atoms with Crippen molar-refractivity contribution in [3.05, 3.63) is 72.4 Å². The summed E-state index contributed by atoms with van der Waals surface area (Å²) in [7, 11) is 0. The van der Waals surface area contributed by atoms with Gasteiger partial charge in [-0.3, -0.25) is 0 Å². The molecule has 156 valence electrons. The molecule has 5 rings (SSSR count). The number of anilines is 1. The van der Waals surface area contributed by atoms with E-state index < -0.39 is 0 Å². The van der Waals surface area contributed by atoms with Crippen LogP contribution in [0.2, 0.25) is 0 Å². The fourth-order valence-electron chi connectivity index (χ4n) is 4.08. The molecule has 1 aliphatic rings. The summed E-state index contributed by atoms with van der Waals surface area (Å²) in [6, 6.07) is 21.2. The molecule has 0 amide bonds. The lowest BCUT2D eigenvalue weighted by atomic mass is 9.98. The van der Waals surface area contributed by atoms with Gasteiger partial charge in [-0.15, -0.1) is 0 Å². The van der Waals surface area contributed by atoms with E-state index in [0.29, 0.717) is 18.2 Å². The zero-order chi connectivity index (χ0) is 21.2. The van der Waals surface area contributed by atoms with Gasteiger partial charge in [0.25, 0.3) is 0 Å². The zero-order valence-corrected chi connectivity index (χ0v) is 17.6. The number of hydrogen-bond acceptors (Lipinski definition) is 6. The molecule has 0 aliphatic carbocycles. The molecule has 31 heavy (non-hydrogen) atoms. The van der Waals surface area contributed by atoms with Crippen LogP contribution >= 0.6 is 0 Å². The first-order valence-corrected chi connectivity index (χ1v) is 10.7. The van der Waals surface area contributed by atoms with Gasteiger partial charge in [-0.05, 0) is 24.1 Å². The summed E-state index contributed by atoms with van der Waals surface area (Å²) < 4.78 is 0. The second-order valence-corrected chi connectivity index (χ2v) is 8.04. The van der Waals surface area contributed by atoms with Crippen LogP contribution < -0.4 is 16.0 Å². The largest absolute Gasteiger partial charge is 0.338 e. The molecule has 0 saturated carbocycles. The summed E-state index contributed by atoms with van der Waals surface area (Å²) in [5.74, 6) is 0.741. The fourth-order valence-corrected chi connectivity index (χ4v) is 4.08. The molecule has 3 heterocycles. The number of pyridine rings is 1. The smallest absolute Gasteiger partial charge is 0.227 e. The van der Waals surface area contributed by atoms with Gasteiger partial charge in [0.2, 0.25) is 5.95 Å². The monoisotopic (exact) mass is 410 g/mol. The predicted octanol–water partition coefficient (Wildman–Crippen LogP) is 3.62. The Morgan fingerprint density at radius 1 is 1.03 bits per heavy atom. The van der Waals surface area contributed by atoms with Gasteiger partial charge in [-0.2, -0.15) is 4.98 Å². The molecule has 2 aromatic carbocycles. The Kier molecular flexibility index (Phi) is 5.32. The molecule has 1 saturated heterocycles. The van der Waals surface area contributed by atoms with Crippen LogP contribution in [0.3, 0.4) is 0 Å². The second-order valence-electron chi connectivity index (χ2n) is 8.04. The van der Waals surface area contributed by atoms with E-state index in [1.54, 1.807) is 0 Å². The van der Waals surface area contributed by atoms with E-state index in [4.69, 9.17) is 15.7 Å². The van der Waals surface area contributed by atoms with Crippen molar-refractivity contribution >= 4 is 17.0 Å². The maximum absolute atomic E-state index is 5.79. The molecule has 3 N–H and O–H groups in total. The molecule has 1 aliphatic heterocycles. The van der Waals surface area contributed by atoms with E-state index in [0.717, 1.165) is 58.9 Å². The van der Waals surface area contributed by atoms with E-state index >= 15 is 0 Å². The summed E-state index contributed by atoms with van der Waals surface area (Å²) in [6.07, 6.45) is 1.89. The number of aromatic nitrogens is 3. The summed E-state index contributed by atoms with van der Waals surface area (Å²) in [5.41, 5.74) is 11.8. The van der Waals surface area contributed by atoms with Crippen LogP contribution in [-0.4, -0.2) is 40.6 Å². The Morgan fingerprint density at radius 3 is 2.58 bits per heavy atom. The Balaban J connectivity index is 1.65. The van der Waals surface area contributed by atoms with Crippen molar-refractivity contribution in [2.45, 2.75) is 19.5 Å². The highest BCUT2D eigenvalue weighted by Crippen LogP contribution is 2.33. The highest BCUT2D eigenvalue weighted by molar-refractivity contribution is 5.90. The van der Waals surface area contributed by atoms with Gasteiger partial charge < -0.3 is 16.0 Å². The maximum Gasteiger partial charge on any atom is 0.227 e. The van der Waals surface area contributed by atoms with Gasteiger partial charge in [0.05, 0.1) is 5.69 Å². The fraction of sp³-hybridized carbons (Fsp3) is 0.240. The minimum absolute atomic E-state index is 0.415. The molecular formula is C25H26N6. The third-order valence-corrected chi connectivity index (χ3v) is 5.76. The number of benzene rings is 2. The first kappa shape index (κ1) is 19.6. The second kappa shape index (κ2) is 8.41. The van der Waals surface area contributed by atoms with Gasteiger partial charge in [-0.25, -0.2) is 9.97 Å². The van der Waals surface area contributed by atoms with Crippen molar-refractivity contribution in [3.8, 4) is 22.4 Å². The van der Waals surface area contributed by atoms with Crippen molar-refractivity contribution in [2.24, 2.45) is 5.73 Å². The standard InChI is InChI=1S/C25H26N6/c1-17-16-31(12-11-27-17)25-28-15-21-13-22(19-5-3-2-4-6-19)23(29-24(21)30-25)20-9-7-18(14-26)8-10-20/h2-10,13,15,17,27H,11-12,14,16,26H2,1H3/t17-/m0/s1. The van der Waals surface area contributed by atoms with Crippen molar-refractivity contribution in [2.75, 3.05) is 24.5 Å². The van der Waals surface area contributed by atoms with Crippen molar-refractivity contribution in [1.82, 2.24) is 20.3 Å². The average molecular weight is 411 g/mol. The first-order chi connectivity index (χ1) is 15.2. The summed E-state index contributed by atoms with van der Waals surface area (Å²) in [5, 5.41) is 4.40. The number of rotatable bonds is 4. The molecule has 1 atom stereocenters. The quantitative estimate of drug-likeness (QED) is 0.535. The normalized spacial score (nSPS) is 16.6. The van der Waals surface area contributed by atoms with Gasteiger partial charge in [0.15, 0.2) is 5.65 Å². The SMILES string of the molecule is C[C@H]1CN(c2ncc3cc(-c4ccccc4)c(-c4ccc(CN)cc4)nc3n2)CCN1. The first-order valence-electron chi connectivity index (χ1n) is 10.7. The highest BCUT2D eigenvalue weighted by atomic mass is 15.3. The van der Waals surface area contributed by atoms with Crippen LogP contribution in [0.15, 0.2) is 66.9 Å². The minimum atomic E-state index is 0.415. The third-order valence-electron chi connectivity index (χ3n) is 5.76. The Morgan fingerprint density at radius 2 is 1.84 bits per heavy atom. The van der Waals surface area contributed by atoms with E-state index in [1.165, 1.54) is 0 Å². The van der Waals surface area contributed by atoms with Crippen LogP contribution in [0, 0.1) is 0 Å². The summed E-state index contributed by atoms with van der Waals surface area (Å²) >= 11 is 0. The number of fused-ring (bicyclic) bond motifs is 1. The van der Waals surface area contributed by atoms with Crippen LogP contribution in [0.1, 0.15) is 12.5 Å². The zero-order valence-electron chi connectivity index (χ0n) is 17.6. The highest BCUT2D eigenvalue weighted by Gasteiger charge is 2.19. The molecule has 0 radical (unpaired) electrons. The number of piperazine rings is 1. The van der Waals surface area contributed by atoms with Gasteiger partial charge in [0.1, 0.15) is 0 Å². The molecule has 6 heteroatoms. The predicted molar refractivity (Wildman–Crippen MR) is 126 cm³/mol. The average Bonchev–Trinajstić information content (AvgIpc) is 2.83. The van der Waals surface area contributed by atoms with Crippen LogP contribution in [0.5, 0.6) is 0 Å². The van der Waals surface area contributed by atoms with Crippen molar-refractivity contribution < 1.29 is 0 Å². The van der Waals surface area contributed by atoms with E-state index in [9.17, 15) is 0 Å². The van der Waals surface area contributed by atoms with Crippen LogP contribution in [-0.2, 0) is 6.54 Å². The molecule has 0 unspecified atom stereocenters. The Labute approximate surface area is 182 Å². The number of nitrogens with zero attached hydrogens (tertiary/aromatic N) is 4. The number of nitrogens with two attached hydrogens (primary N) is 1. The van der Waals surface area contributed by atoms with Gasteiger partial charge in [0, 0.05) is 54.9 Å². The van der Waals surface area contributed by atoms with E-state index in [1.807, 2.05) is 24.4 Å². The topological polar surface area (TPSA) is 80.0 Å². The molecule has 2 aromatic heterocycles. The molecule has 0 spiro atoms. The van der Waals surface area contributed by atoms with Crippen LogP contribution in [0.4, 0.5) is 5.95 Å². The van der Waals surface area contributed by atoms with Gasteiger partial charge >= 0.3 is 0 Å².